The van der Waals surface area contributed by atoms with Crippen LogP contribution in [0.2, 0.25) is 0 Å². The minimum Gasteiger partial charge on any atom is -0.388 e. The SMILES string of the molecule is C=Cc1cc(N2CCNCC2)nc2ccc(NC)cc12. The number of rotatable bonds is 3. The van der Waals surface area contributed by atoms with Gasteiger partial charge >= 0.3 is 0 Å². The largest absolute Gasteiger partial charge is 0.388 e. The van der Waals surface area contributed by atoms with Gasteiger partial charge in [0.15, 0.2) is 0 Å². The average molecular weight is 268 g/mol. The molecule has 2 aromatic rings. The summed E-state index contributed by atoms with van der Waals surface area (Å²) in [5.41, 5.74) is 3.26. The molecule has 1 fully saturated rings. The van der Waals surface area contributed by atoms with Crippen LogP contribution in [0.3, 0.4) is 0 Å². The molecule has 0 spiro atoms. The number of hydrogen-bond acceptors (Lipinski definition) is 4. The van der Waals surface area contributed by atoms with Gasteiger partial charge in [-0.15, -0.1) is 0 Å². The Morgan fingerprint density at radius 1 is 1.30 bits per heavy atom. The van der Waals surface area contributed by atoms with E-state index in [2.05, 4.69) is 46.4 Å². The van der Waals surface area contributed by atoms with E-state index in [0.717, 1.165) is 54.2 Å². The maximum absolute atomic E-state index is 4.81. The maximum Gasteiger partial charge on any atom is 0.129 e. The van der Waals surface area contributed by atoms with Crippen LogP contribution in [0, 0.1) is 0 Å². The Bertz CT molecular complexity index is 630. The number of benzene rings is 1. The van der Waals surface area contributed by atoms with Crippen LogP contribution in [0.4, 0.5) is 11.5 Å². The summed E-state index contributed by atoms with van der Waals surface area (Å²) < 4.78 is 0. The lowest BCUT2D eigenvalue weighted by Crippen LogP contribution is -2.43. The predicted octanol–water partition coefficient (Wildman–Crippen LogP) is 2.33. The number of aromatic nitrogens is 1. The van der Waals surface area contributed by atoms with Crippen LogP contribution < -0.4 is 15.5 Å². The second kappa shape index (κ2) is 5.51. The van der Waals surface area contributed by atoms with Crippen LogP contribution in [-0.4, -0.2) is 38.2 Å². The summed E-state index contributed by atoms with van der Waals surface area (Å²) >= 11 is 0. The quantitative estimate of drug-likeness (QED) is 0.896. The first-order chi connectivity index (χ1) is 9.81. The second-order valence-electron chi connectivity index (χ2n) is 4.99. The van der Waals surface area contributed by atoms with Crippen molar-refractivity contribution in [2.75, 3.05) is 43.4 Å². The van der Waals surface area contributed by atoms with E-state index in [-0.39, 0.29) is 0 Å². The van der Waals surface area contributed by atoms with Crippen molar-refractivity contribution in [3.05, 3.63) is 36.4 Å². The third-order valence-electron chi connectivity index (χ3n) is 3.78. The maximum atomic E-state index is 4.81. The topological polar surface area (TPSA) is 40.2 Å². The van der Waals surface area contributed by atoms with Crippen LogP contribution >= 0.6 is 0 Å². The van der Waals surface area contributed by atoms with E-state index in [0.29, 0.717) is 0 Å². The van der Waals surface area contributed by atoms with Crippen LogP contribution in [0.1, 0.15) is 5.56 Å². The summed E-state index contributed by atoms with van der Waals surface area (Å²) in [6.07, 6.45) is 1.91. The molecule has 2 N–H and O–H groups in total. The number of pyridine rings is 1. The molecule has 1 aromatic heterocycles. The van der Waals surface area contributed by atoms with E-state index in [1.165, 1.54) is 0 Å². The highest BCUT2D eigenvalue weighted by Gasteiger charge is 2.13. The molecule has 2 heterocycles. The van der Waals surface area contributed by atoms with Crippen molar-refractivity contribution in [1.29, 1.82) is 0 Å². The van der Waals surface area contributed by atoms with Gasteiger partial charge in [-0.05, 0) is 29.8 Å². The molecule has 0 bridgehead atoms. The molecule has 20 heavy (non-hydrogen) atoms. The highest BCUT2D eigenvalue weighted by atomic mass is 15.2. The fourth-order valence-electron chi connectivity index (χ4n) is 2.62. The molecule has 1 aromatic carbocycles. The fourth-order valence-corrected chi connectivity index (χ4v) is 2.62. The van der Waals surface area contributed by atoms with Crippen LogP contribution in [0.5, 0.6) is 0 Å². The third-order valence-corrected chi connectivity index (χ3v) is 3.78. The van der Waals surface area contributed by atoms with Crippen molar-refractivity contribution in [3.63, 3.8) is 0 Å². The molecule has 0 atom stereocenters. The molecule has 0 saturated carbocycles. The predicted molar refractivity (Wildman–Crippen MR) is 86.5 cm³/mol. The summed E-state index contributed by atoms with van der Waals surface area (Å²) in [4.78, 5) is 7.13. The van der Waals surface area contributed by atoms with Gasteiger partial charge in [0.25, 0.3) is 0 Å². The van der Waals surface area contributed by atoms with Crippen molar-refractivity contribution in [2.24, 2.45) is 0 Å². The van der Waals surface area contributed by atoms with E-state index in [1.54, 1.807) is 0 Å². The highest BCUT2D eigenvalue weighted by Crippen LogP contribution is 2.26. The Morgan fingerprint density at radius 2 is 2.10 bits per heavy atom. The van der Waals surface area contributed by atoms with E-state index >= 15 is 0 Å². The van der Waals surface area contributed by atoms with Crippen molar-refractivity contribution in [1.82, 2.24) is 10.3 Å². The standard InChI is InChI=1S/C16H20N4/c1-3-12-10-16(20-8-6-18-7-9-20)19-15-5-4-13(17-2)11-14(12)15/h3-5,10-11,17-18H,1,6-9H2,2H3. The zero-order chi connectivity index (χ0) is 13.9. The molecular weight excluding hydrogens is 248 g/mol. The number of fused-ring (bicyclic) bond motifs is 1. The first-order valence-electron chi connectivity index (χ1n) is 7.02. The lowest BCUT2D eigenvalue weighted by Gasteiger charge is -2.29. The lowest BCUT2D eigenvalue weighted by atomic mass is 10.1. The van der Waals surface area contributed by atoms with Gasteiger partial charge in [-0.1, -0.05) is 12.7 Å². The second-order valence-corrected chi connectivity index (χ2v) is 4.99. The molecule has 104 valence electrons. The van der Waals surface area contributed by atoms with E-state index < -0.39 is 0 Å². The average Bonchev–Trinajstić information content (AvgIpc) is 2.54. The summed E-state index contributed by atoms with van der Waals surface area (Å²) in [6.45, 7) is 7.98. The molecule has 3 rings (SSSR count). The molecule has 0 radical (unpaired) electrons. The molecule has 0 unspecified atom stereocenters. The number of nitrogens with one attached hydrogen (secondary N) is 2. The van der Waals surface area contributed by atoms with Crippen LogP contribution in [-0.2, 0) is 0 Å². The number of anilines is 2. The molecule has 4 heteroatoms. The number of nitrogens with zero attached hydrogens (tertiary/aromatic N) is 2. The van der Waals surface area contributed by atoms with Gasteiger partial charge in [0.05, 0.1) is 5.52 Å². The van der Waals surface area contributed by atoms with Crippen LogP contribution in [0.15, 0.2) is 30.8 Å². The molecular formula is C16H20N4. The van der Waals surface area contributed by atoms with Gasteiger partial charge in [0, 0.05) is 44.3 Å². The highest BCUT2D eigenvalue weighted by molar-refractivity contribution is 5.91. The van der Waals surface area contributed by atoms with Gasteiger partial charge in [-0.25, -0.2) is 4.98 Å². The van der Waals surface area contributed by atoms with Crippen molar-refractivity contribution >= 4 is 28.5 Å². The van der Waals surface area contributed by atoms with Gasteiger partial charge in [-0.3, -0.25) is 0 Å². The van der Waals surface area contributed by atoms with E-state index in [1.807, 2.05) is 13.1 Å². The molecule has 0 amide bonds. The lowest BCUT2D eigenvalue weighted by molar-refractivity contribution is 0.585. The summed E-state index contributed by atoms with van der Waals surface area (Å²) in [5, 5.41) is 7.68. The van der Waals surface area contributed by atoms with Crippen LogP contribution in [0.25, 0.3) is 17.0 Å². The molecule has 1 aliphatic heterocycles. The fraction of sp³-hybridized carbons (Fsp3) is 0.312. The third kappa shape index (κ3) is 2.34. The van der Waals surface area contributed by atoms with Gasteiger partial charge < -0.3 is 15.5 Å². The smallest absolute Gasteiger partial charge is 0.129 e. The Hall–Kier alpha value is -2.07. The first-order valence-corrected chi connectivity index (χ1v) is 7.02. The van der Waals surface area contributed by atoms with Gasteiger partial charge in [0.1, 0.15) is 5.82 Å². The molecule has 0 aliphatic carbocycles. The first kappa shape index (κ1) is 12.9. The van der Waals surface area contributed by atoms with Gasteiger partial charge in [-0.2, -0.15) is 0 Å². The zero-order valence-electron chi connectivity index (χ0n) is 11.8. The number of piperazine rings is 1. The Morgan fingerprint density at radius 3 is 2.80 bits per heavy atom. The Kier molecular flexibility index (Phi) is 3.56. The number of hydrogen-bond donors (Lipinski definition) is 2. The summed E-state index contributed by atoms with van der Waals surface area (Å²) in [5.74, 6) is 1.05. The van der Waals surface area contributed by atoms with E-state index in [9.17, 15) is 0 Å². The van der Waals surface area contributed by atoms with Crippen molar-refractivity contribution in [3.8, 4) is 0 Å². The summed E-state index contributed by atoms with van der Waals surface area (Å²) in [7, 11) is 1.93. The molecule has 1 aliphatic rings. The van der Waals surface area contributed by atoms with Crippen molar-refractivity contribution < 1.29 is 0 Å². The van der Waals surface area contributed by atoms with Gasteiger partial charge in [0.2, 0.25) is 0 Å². The minimum atomic E-state index is 1.00. The molecule has 4 nitrogen and oxygen atoms in total. The summed E-state index contributed by atoms with van der Waals surface area (Å²) in [6, 6.07) is 8.39. The Balaban J connectivity index is 2.09. The zero-order valence-corrected chi connectivity index (χ0v) is 11.8. The Labute approximate surface area is 119 Å². The van der Waals surface area contributed by atoms with E-state index in [4.69, 9.17) is 4.98 Å². The molecule has 1 saturated heterocycles. The van der Waals surface area contributed by atoms with Crippen molar-refractivity contribution in [2.45, 2.75) is 0 Å². The monoisotopic (exact) mass is 268 g/mol. The minimum absolute atomic E-state index is 1.00. The normalized spacial score (nSPS) is 15.3.